The molecule has 0 bridgehead atoms. The molecule has 8 nitrogen and oxygen atoms in total. The van der Waals surface area contributed by atoms with Crippen LogP contribution < -0.4 is 20.5 Å². The molecule has 4 heterocycles. The first-order valence-corrected chi connectivity index (χ1v) is 11.4. The molecular weight excluding hydrogens is 434 g/mol. The molecule has 2 aliphatic heterocycles. The summed E-state index contributed by atoms with van der Waals surface area (Å²) in [4.78, 5) is 24.0. The van der Waals surface area contributed by atoms with Crippen molar-refractivity contribution in [1.29, 1.82) is 0 Å². The molecule has 1 aromatic carbocycles. The summed E-state index contributed by atoms with van der Waals surface area (Å²) < 4.78 is 0. The van der Waals surface area contributed by atoms with Crippen LogP contribution in [-0.4, -0.2) is 54.1 Å². The highest BCUT2D eigenvalue weighted by molar-refractivity contribution is 7.14. The zero-order valence-electron chi connectivity index (χ0n) is 17.0. The molecular formula is C21H22ClN7OS. The van der Waals surface area contributed by atoms with Crippen LogP contribution in [0.4, 0.5) is 22.2 Å². The SMILES string of the molecule is CN1C(Cl)c2ccccc2N1c1nc(C(=O)Nc2cnccc2N2CCNCC2)cs1. The minimum absolute atomic E-state index is 0.260. The van der Waals surface area contributed by atoms with Gasteiger partial charge in [-0.1, -0.05) is 29.8 Å². The molecule has 10 heteroatoms. The van der Waals surface area contributed by atoms with E-state index in [9.17, 15) is 4.79 Å². The number of nitrogens with zero attached hydrogens (tertiary/aromatic N) is 5. The number of piperazine rings is 1. The fourth-order valence-electron chi connectivity index (χ4n) is 3.91. The second-order valence-corrected chi connectivity index (χ2v) is 8.63. The Morgan fingerprint density at radius 1 is 1.23 bits per heavy atom. The summed E-state index contributed by atoms with van der Waals surface area (Å²) in [5, 5.41) is 12.7. The summed E-state index contributed by atoms with van der Waals surface area (Å²) in [6, 6.07) is 9.88. The van der Waals surface area contributed by atoms with Gasteiger partial charge in [0.15, 0.2) is 0 Å². The van der Waals surface area contributed by atoms with E-state index in [1.165, 1.54) is 11.3 Å². The Morgan fingerprint density at radius 3 is 2.87 bits per heavy atom. The van der Waals surface area contributed by atoms with Crippen molar-refractivity contribution in [3.05, 3.63) is 59.4 Å². The highest BCUT2D eigenvalue weighted by atomic mass is 35.5. The molecule has 0 radical (unpaired) electrons. The van der Waals surface area contributed by atoms with Crippen LogP contribution in [0.25, 0.3) is 0 Å². The highest BCUT2D eigenvalue weighted by Gasteiger charge is 2.35. The maximum atomic E-state index is 13.0. The topological polar surface area (TPSA) is 76.6 Å². The average Bonchev–Trinajstić information content (AvgIpc) is 3.38. The molecule has 31 heavy (non-hydrogen) atoms. The van der Waals surface area contributed by atoms with Crippen LogP contribution in [-0.2, 0) is 0 Å². The number of thiazole rings is 1. The Bertz CT molecular complexity index is 1100. The van der Waals surface area contributed by atoms with Gasteiger partial charge in [-0.05, 0) is 12.1 Å². The molecule has 1 atom stereocenters. The number of carbonyl (C=O) groups is 1. The monoisotopic (exact) mass is 455 g/mol. The van der Waals surface area contributed by atoms with Crippen LogP contribution in [0.5, 0.6) is 0 Å². The third-order valence-electron chi connectivity index (χ3n) is 5.47. The lowest BCUT2D eigenvalue weighted by molar-refractivity contribution is 0.102. The number of alkyl halides is 1. The van der Waals surface area contributed by atoms with Gasteiger partial charge in [0.25, 0.3) is 5.91 Å². The zero-order chi connectivity index (χ0) is 21.4. The van der Waals surface area contributed by atoms with E-state index in [1.54, 1.807) is 17.8 Å². The third kappa shape index (κ3) is 3.74. The molecule has 0 spiro atoms. The number of para-hydroxylation sites is 1. The van der Waals surface area contributed by atoms with Gasteiger partial charge in [-0.15, -0.1) is 11.3 Å². The van der Waals surface area contributed by atoms with Crippen molar-refractivity contribution in [3.63, 3.8) is 0 Å². The first kappa shape index (κ1) is 20.2. The number of fused-ring (bicyclic) bond motifs is 1. The van der Waals surface area contributed by atoms with Gasteiger partial charge >= 0.3 is 0 Å². The lowest BCUT2D eigenvalue weighted by Crippen LogP contribution is -2.43. The number of amides is 1. The third-order valence-corrected chi connectivity index (χ3v) is 6.81. The summed E-state index contributed by atoms with van der Waals surface area (Å²) in [5.74, 6) is -0.260. The number of benzene rings is 1. The Morgan fingerprint density at radius 2 is 2.03 bits per heavy atom. The van der Waals surface area contributed by atoms with Gasteiger partial charge in [0.2, 0.25) is 5.13 Å². The number of anilines is 4. The van der Waals surface area contributed by atoms with E-state index in [0.717, 1.165) is 43.1 Å². The molecule has 3 aromatic rings. The van der Waals surface area contributed by atoms with Crippen molar-refractivity contribution < 1.29 is 4.79 Å². The second kappa shape index (κ2) is 8.43. The smallest absolute Gasteiger partial charge is 0.275 e. The lowest BCUT2D eigenvalue weighted by atomic mass is 10.2. The Hall–Kier alpha value is -2.72. The van der Waals surface area contributed by atoms with Crippen LogP contribution in [0.1, 0.15) is 21.6 Å². The van der Waals surface area contributed by atoms with Gasteiger partial charge in [0.05, 0.1) is 23.3 Å². The normalized spacial score (nSPS) is 18.8. The van der Waals surface area contributed by atoms with E-state index >= 15 is 0 Å². The molecule has 2 N–H and O–H groups in total. The van der Waals surface area contributed by atoms with E-state index < -0.39 is 0 Å². The van der Waals surface area contributed by atoms with E-state index in [0.29, 0.717) is 16.5 Å². The summed E-state index contributed by atoms with van der Waals surface area (Å²) >= 11 is 7.98. The quantitative estimate of drug-likeness (QED) is 0.461. The molecule has 2 aromatic heterocycles. The van der Waals surface area contributed by atoms with Gasteiger partial charge < -0.3 is 15.5 Å². The number of hydrazine groups is 1. The second-order valence-electron chi connectivity index (χ2n) is 7.38. The van der Waals surface area contributed by atoms with E-state index in [-0.39, 0.29) is 11.4 Å². The van der Waals surface area contributed by atoms with Crippen molar-refractivity contribution in [2.75, 3.05) is 48.5 Å². The molecule has 2 aliphatic rings. The molecule has 5 rings (SSSR count). The van der Waals surface area contributed by atoms with Gasteiger partial charge in [-0.25, -0.2) is 9.99 Å². The maximum Gasteiger partial charge on any atom is 0.275 e. The fourth-order valence-corrected chi connectivity index (χ4v) is 5.04. The Kier molecular flexibility index (Phi) is 5.49. The molecule has 1 amide bonds. The summed E-state index contributed by atoms with van der Waals surface area (Å²) in [6.45, 7) is 3.59. The van der Waals surface area contributed by atoms with Gasteiger partial charge in [-0.3, -0.25) is 9.78 Å². The molecule has 1 fully saturated rings. The van der Waals surface area contributed by atoms with Crippen molar-refractivity contribution in [3.8, 4) is 0 Å². The molecule has 1 unspecified atom stereocenters. The molecule has 1 saturated heterocycles. The number of hydrogen-bond acceptors (Lipinski definition) is 8. The average molecular weight is 456 g/mol. The number of rotatable bonds is 4. The first-order valence-electron chi connectivity index (χ1n) is 10.1. The minimum Gasteiger partial charge on any atom is -0.367 e. The number of aromatic nitrogens is 2. The predicted octanol–water partition coefficient (Wildman–Crippen LogP) is 3.44. The van der Waals surface area contributed by atoms with E-state index in [2.05, 4.69) is 25.5 Å². The van der Waals surface area contributed by atoms with Crippen LogP contribution in [0.2, 0.25) is 0 Å². The number of halogens is 1. The summed E-state index contributed by atoms with van der Waals surface area (Å²) in [5.41, 5.74) is 3.73. The summed E-state index contributed by atoms with van der Waals surface area (Å²) in [7, 11) is 1.91. The van der Waals surface area contributed by atoms with Crippen molar-refractivity contribution in [2.45, 2.75) is 5.50 Å². The van der Waals surface area contributed by atoms with E-state index in [1.807, 2.05) is 47.4 Å². The highest BCUT2D eigenvalue weighted by Crippen LogP contribution is 2.45. The lowest BCUT2D eigenvalue weighted by Gasteiger charge is -2.30. The zero-order valence-corrected chi connectivity index (χ0v) is 18.5. The number of hydrogen-bond donors (Lipinski definition) is 2. The maximum absolute atomic E-state index is 13.0. The van der Waals surface area contributed by atoms with Crippen LogP contribution >= 0.6 is 22.9 Å². The number of nitrogens with one attached hydrogen (secondary N) is 2. The summed E-state index contributed by atoms with van der Waals surface area (Å²) in [6.07, 6.45) is 3.43. The number of carbonyl (C=O) groups excluding carboxylic acids is 1. The standard InChI is InChI=1S/C21H22ClN7OS/c1-27-19(22)14-4-2-3-5-17(14)29(27)21-26-16(13-31-21)20(30)25-15-12-24-7-6-18(15)28-10-8-23-9-11-28/h2-7,12-13,19,23H,8-11H2,1H3,(H,25,30). The van der Waals surface area contributed by atoms with Crippen LogP contribution in [0, 0.1) is 0 Å². The van der Waals surface area contributed by atoms with Crippen molar-refractivity contribution >= 4 is 51.0 Å². The van der Waals surface area contributed by atoms with Gasteiger partial charge in [-0.2, -0.15) is 5.01 Å². The molecule has 0 aliphatic carbocycles. The van der Waals surface area contributed by atoms with Crippen LogP contribution in [0.3, 0.4) is 0 Å². The fraction of sp³-hybridized carbons (Fsp3) is 0.286. The van der Waals surface area contributed by atoms with Gasteiger partial charge in [0, 0.05) is 50.4 Å². The molecule has 0 saturated carbocycles. The van der Waals surface area contributed by atoms with Gasteiger partial charge in [0.1, 0.15) is 11.2 Å². The van der Waals surface area contributed by atoms with Crippen LogP contribution in [0.15, 0.2) is 48.1 Å². The Balaban J connectivity index is 1.37. The Labute approximate surface area is 189 Å². The van der Waals surface area contributed by atoms with Crippen molar-refractivity contribution in [1.82, 2.24) is 20.3 Å². The first-order chi connectivity index (χ1) is 15.1. The minimum atomic E-state index is -0.283. The largest absolute Gasteiger partial charge is 0.367 e. The molecule has 160 valence electrons. The van der Waals surface area contributed by atoms with E-state index in [4.69, 9.17) is 11.6 Å². The number of pyridine rings is 1. The predicted molar refractivity (Wildman–Crippen MR) is 124 cm³/mol. The van der Waals surface area contributed by atoms with Crippen molar-refractivity contribution in [2.24, 2.45) is 0 Å².